The Morgan fingerprint density at radius 3 is 2.50 bits per heavy atom. The van der Waals surface area contributed by atoms with Crippen LogP contribution in [-0.2, 0) is 9.47 Å². The lowest BCUT2D eigenvalue weighted by Gasteiger charge is -2.25. The molecule has 1 aromatic carbocycles. The van der Waals surface area contributed by atoms with Gasteiger partial charge in [0.2, 0.25) is 0 Å². The topological polar surface area (TPSA) is 35.5 Å². The Hall–Kier alpha value is -0.750. The monoisotopic (exact) mass is 308 g/mol. The van der Waals surface area contributed by atoms with Crippen LogP contribution in [-0.4, -0.2) is 43.2 Å². The van der Waals surface area contributed by atoms with Crippen LogP contribution in [0.1, 0.15) is 10.4 Å². The summed E-state index contributed by atoms with van der Waals surface area (Å²) in [4.78, 5) is 12.8. The minimum absolute atomic E-state index is 0.0676. The van der Waals surface area contributed by atoms with Crippen molar-refractivity contribution >= 4 is 29.3 Å². The molecular weight excluding hydrogens is 292 g/mol. The Morgan fingerprint density at radius 2 is 1.85 bits per heavy atom. The van der Waals surface area contributed by atoms with Crippen molar-refractivity contribution in [3.63, 3.8) is 0 Å². The quantitative estimate of drug-likeness (QED) is 0.634. The summed E-state index contributed by atoms with van der Waals surface area (Å²) >= 11 is 3.51. The number of Topliss-reactive ketones (excluding diaryl/α,β-unsaturated/α-hetero) is 1. The molecule has 3 nitrogen and oxygen atoms in total. The molecular formula is C15H16O3S2. The molecule has 2 heterocycles. The molecule has 2 fully saturated rings. The molecule has 0 aromatic heterocycles. The highest BCUT2D eigenvalue weighted by Crippen LogP contribution is 2.41. The lowest BCUT2D eigenvalue weighted by atomic mass is 10.0. The molecule has 2 aliphatic heterocycles. The smallest absolute Gasteiger partial charge is 0.193 e. The van der Waals surface area contributed by atoms with Gasteiger partial charge in [0, 0.05) is 21.3 Å². The predicted molar refractivity (Wildman–Crippen MR) is 83.3 cm³/mol. The third kappa shape index (κ3) is 3.11. The summed E-state index contributed by atoms with van der Waals surface area (Å²) in [5.41, 5.74) is 1.50. The zero-order chi connectivity index (χ0) is 13.8. The van der Waals surface area contributed by atoms with Gasteiger partial charge in [-0.15, -0.1) is 23.5 Å². The van der Waals surface area contributed by atoms with E-state index in [0.29, 0.717) is 19.8 Å². The number of ketones is 1. The zero-order valence-electron chi connectivity index (χ0n) is 11.0. The van der Waals surface area contributed by atoms with E-state index in [-0.39, 0.29) is 11.9 Å². The molecule has 2 saturated heterocycles. The van der Waals surface area contributed by atoms with Gasteiger partial charge in [-0.05, 0) is 0 Å². The Bertz CT molecular complexity index is 499. The minimum atomic E-state index is -0.232. The molecule has 0 aliphatic carbocycles. The molecule has 1 aromatic rings. The van der Waals surface area contributed by atoms with Crippen LogP contribution in [0.2, 0.25) is 0 Å². The van der Waals surface area contributed by atoms with Crippen LogP contribution in [0.25, 0.3) is 0 Å². The normalized spacial score (nSPS) is 22.8. The van der Waals surface area contributed by atoms with Crippen molar-refractivity contribution in [3.05, 3.63) is 45.7 Å². The SMILES string of the molecule is O=C(C(=C1SCCS1)C1COCCO1)c1ccccc1. The lowest BCUT2D eigenvalue weighted by molar-refractivity contribution is -0.0712. The maximum atomic E-state index is 12.8. The van der Waals surface area contributed by atoms with Crippen molar-refractivity contribution in [1.29, 1.82) is 0 Å². The molecule has 0 bridgehead atoms. The average molecular weight is 308 g/mol. The van der Waals surface area contributed by atoms with E-state index in [1.165, 1.54) is 0 Å². The first-order valence-corrected chi connectivity index (χ1v) is 8.62. The number of hydrogen-bond donors (Lipinski definition) is 0. The molecule has 1 unspecified atom stereocenters. The van der Waals surface area contributed by atoms with Crippen LogP contribution in [0, 0.1) is 0 Å². The minimum Gasteiger partial charge on any atom is -0.376 e. The highest BCUT2D eigenvalue weighted by Gasteiger charge is 2.30. The second kappa shape index (κ2) is 6.80. The maximum Gasteiger partial charge on any atom is 0.193 e. The van der Waals surface area contributed by atoms with E-state index < -0.39 is 0 Å². The highest BCUT2D eigenvalue weighted by molar-refractivity contribution is 8.25. The van der Waals surface area contributed by atoms with Gasteiger partial charge in [-0.3, -0.25) is 4.79 Å². The Balaban J connectivity index is 1.93. The average Bonchev–Trinajstić information content (AvgIpc) is 3.03. The molecule has 0 N–H and O–H groups in total. The molecule has 3 rings (SSSR count). The molecule has 106 valence electrons. The van der Waals surface area contributed by atoms with E-state index in [9.17, 15) is 4.79 Å². The predicted octanol–water partition coefficient (Wildman–Crippen LogP) is 2.98. The summed E-state index contributed by atoms with van der Waals surface area (Å²) in [7, 11) is 0. The van der Waals surface area contributed by atoms with E-state index in [4.69, 9.17) is 9.47 Å². The number of thioether (sulfide) groups is 2. The van der Waals surface area contributed by atoms with Gasteiger partial charge in [0.05, 0.1) is 25.4 Å². The van der Waals surface area contributed by atoms with Gasteiger partial charge >= 0.3 is 0 Å². The van der Waals surface area contributed by atoms with Gasteiger partial charge in [0.15, 0.2) is 5.78 Å². The first-order valence-electron chi connectivity index (χ1n) is 6.65. The summed E-state index contributed by atoms with van der Waals surface area (Å²) < 4.78 is 12.3. The summed E-state index contributed by atoms with van der Waals surface area (Å²) in [6, 6.07) is 9.42. The van der Waals surface area contributed by atoms with Crippen LogP contribution in [0.15, 0.2) is 40.1 Å². The first-order chi connectivity index (χ1) is 9.86. The fraction of sp³-hybridized carbons (Fsp3) is 0.400. The van der Waals surface area contributed by atoms with Gasteiger partial charge in [-0.25, -0.2) is 0 Å². The molecule has 0 spiro atoms. The van der Waals surface area contributed by atoms with Crippen molar-refractivity contribution in [2.75, 3.05) is 31.3 Å². The van der Waals surface area contributed by atoms with Gasteiger partial charge in [0.25, 0.3) is 0 Å². The number of hydrogen-bond acceptors (Lipinski definition) is 5. The standard InChI is InChI=1S/C15H16O3S2/c16-14(11-4-2-1-3-5-11)13(15-19-8-9-20-15)12-10-17-6-7-18-12/h1-5,12H,6-10H2. The number of rotatable bonds is 3. The van der Waals surface area contributed by atoms with Gasteiger partial charge in [0.1, 0.15) is 6.10 Å². The second-order valence-electron chi connectivity index (χ2n) is 4.53. The largest absolute Gasteiger partial charge is 0.376 e. The molecule has 0 radical (unpaired) electrons. The Morgan fingerprint density at radius 1 is 1.10 bits per heavy atom. The number of ether oxygens (including phenoxy) is 2. The van der Waals surface area contributed by atoms with E-state index in [1.807, 2.05) is 30.3 Å². The van der Waals surface area contributed by atoms with Crippen LogP contribution < -0.4 is 0 Å². The lowest BCUT2D eigenvalue weighted by Crippen LogP contribution is -2.33. The van der Waals surface area contributed by atoms with E-state index in [0.717, 1.165) is 26.9 Å². The Kier molecular flexibility index (Phi) is 4.83. The summed E-state index contributed by atoms with van der Waals surface area (Å²) in [6.45, 7) is 1.64. The third-order valence-corrected chi connectivity index (χ3v) is 5.93. The molecule has 5 heteroatoms. The number of benzene rings is 1. The van der Waals surface area contributed by atoms with Crippen molar-refractivity contribution in [2.24, 2.45) is 0 Å². The van der Waals surface area contributed by atoms with Crippen molar-refractivity contribution in [1.82, 2.24) is 0 Å². The third-order valence-electron chi connectivity index (χ3n) is 3.19. The first kappa shape index (κ1) is 14.2. The number of carbonyl (C=O) groups is 1. The van der Waals surface area contributed by atoms with E-state index in [2.05, 4.69) is 0 Å². The highest BCUT2D eigenvalue weighted by atomic mass is 32.2. The van der Waals surface area contributed by atoms with Crippen molar-refractivity contribution < 1.29 is 14.3 Å². The van der Waals surface area contributed by atoms with Gasteiger partial charge < -0.3 is 9.47 Å². The van der Waals surface area contributed by atoms with Crippen molar-refractivity contribution in [3.8, 4) is 0 Å². The van der Waals surface area contributed by atoms with Crippen LogP contribution >= 0.6 is 23.5 Å². The molecule has 2 aliphatic rings. The van der Waals surface area contributed by atoms with E-state index >= 15 is 0 Å². The second-order valence-corrected chi connectivity index (χ2v) is 7.00. The summed E-state index contributed by atoms with van der Waals surface area (Å²) in [5.74, 6) is 2.18. The fourth-order valence-electron chi connectivity index (χ4n) is 2.24. The maximum absolute atomic E-state index is 12.8. The molecule has 20 heavy (non-hydrogen) atoms. The van der Waals surface area contributed by atoms with Crippen LogP contribution in [0.3, 0.4) is 0 Å². The molecule has 1 atom stereocenters. The summed E-state index contributed by atoms with van der Waals surface area (Å²) in [6.07, 6.45) is -0.232. The van der Waals surface area contributed by atoms with Gasteiger partial charge in [-0.1, -0.05) is 30.3 Å². The molecule has 0 saturated carbocycles. The molecule has 0 amide bonds. The fourth-order valence-corrected chi connectivity index (χ4v) is 4.87. The van der Waals surface area contributed by atoms with Gasteiger partial charge in [-0.2, -0.15) is 0 Å². The zero-order valence-corrected chi connectivity index (χ0v) is 12.7. The van der Waals surface area contributed by atoms with Crippen LogP contribution in [0.4, 0.5) is 0 Å². The van der Waals surface area contributed by atoms with Crippen molar-refractivity contribution in [2.45, 2.75) is 6.10 Å². The van der Waals surface area contributed by atoms with Crippen LogP contribution in [0.5, 0.6) is 0 Å². The number of carbonyl (C=O) groups excluding carboxylic acids is 1. The Labute approximate surface area is 127 Å². The summed E-state index contributed by atoms with van der Waals surface area (Å²) in [5, 5.41) is 0. The van der Waals surface area contributed by atoms with E-state index in [1.54, 1.807) is 23.5 Å².